The number of thiophene rings is 1. The maximum Gasteiger partial charge on any atom is 0.253 e. The maximum absolute atomic E-state index is 12.4. The summed E-state index contributed by atoms with van der Waals surface area (Å²) < 4.78 is 26.4. The first-order chi connectivity index (χ1) is 8.95. The number of carbonyl (C=O) groups excluding carboxylic acids is 1. The molecule has 0 spiro atoms. The van der Waals surface area contributed by atoms with Gasteiger partial charge in [0.15, 0.2) is 0 Å². The van der Waals surface area contributed by atoms with Gasteiger partial charge in [-0.2, -0.15) is 4.31 Å². The number of nitrogens with two attached hydrogens (primary N) is 1. The van der Waals surface area contributed by atoms with Crippen LogP contribution in [0.2, 0.25) is 0 Å². The van der Waals surface area contributed by atoms with Gasteiger partial charge in [0.1, 0.15) is 4.21 Å². The van der Waals surface area contributed by atoms with E-state index in [2.05, 4.69) is 0 Å². The fourth-order valence-electron chi connectivity index (χ4n) is 1.90. The van der Waals surface area contributed by atoms with Crippen LogP contribution in [-0.4, -0.2) is 50.2 Å². The Morgan fingerprint density at radius 3 is 2.74 bits per heavy atom. The lowest BCUT2D eigenvalue weighted by Gasteiger charge is -2.18. The summed E-state index contributed by atoms with van der Waals surface area (Å²) in [7, 11) is -1.89. The molecule has 0 saturated carbocycles. The molecule has 1 aliphatic rings. The number of rotatable bonds is 3. The van der Waals surface area contributed by atoms with E-state index in [4.69, 9.17) is 5.73 Å². The van der Waals surface area contributed by atoms with Gasteiger partial charge in [-0.25, -0.2) is 8.42 Å². The molecule has 0 aromatic carbocycles. The maximum atomic E-state index is 12.4. The molecule has 8 heteroatoms. The van der Waals surface area contributed by atoms with Gasteiger partial charge in [-0.3, -0.25) is 4.79 Å². The number of carbonyl (C=O) groups is 1. The normalized spacial score (nSPS) is 18.6. The minimum Gasteiger partial charge on any atom is -0.345 e. The second kappa shape index (κ2) is 5.58. The minimum absolute atomic E-state index is 0.0886. The van der Waals surface area contributed by atoms with Crippen molar-refractivity contribution in [2.45, 2.75) is 17.2 Å². The van der Waals surface area contributed by atoms with Gasteiger partial charge >= 0.3 is 0 Å². The van der Waals surface area contributed by atoms with Gasteiger partial charge in [0.05, 0.1) is 6.54 Å². The van der Waals surface area contributed by atoms with Crippen LogP contribution in [0.15, 0.2) is 16.3 Å². The predicted molar refractivity (Wildman–Crippen MR) is 73.2 cm³/mol. The van der Waals surface area contributed by atoms with Crippen LogP contribution < -0.4 is 5.73 Å². The van der Waals surface area contributed by atoms with Crippen LogP contribution >= 0.6 is 11.3 Å². The van der Waals surface area contributed by atoms with E-state index in [0.29, 0.717) is 26.1 Å². The molecule has 0 radical (unpaired) electrons. The summed E-state index contributed by atoms with van der Waals surface area (Å²) in [5.74, 6) is -0.170. The molecule has 1 aliphatic heterocycles. The smallest absolute Gasteiger partial charge is 0.253 e. The Kier molecular flexibility index (Phi) is 4.24. The van der Waals surface area contributed by atoms with E-state index in [1.807, 2.05) is 0 Å². The van der Waals surface area contributed by atoms with E-state index < -0.39 is 10.0 Å². The Morgan fingerprint density at radius 2 is 2.11 bits per heavy atom. The number of likely N-dealkylation sites (N-methyl/N-ethyl adjacent to an activating group) is 1. The Bertz CT molecular complexity index is 567. The summed E-state index contributed by atoms with van der Waals surface area (Å²) in [5.41, 5.74) is 5.49. The number of hydrogen-bond acceptors (Lipinski definition) is 5. The van der Waals surface area contributed by atoms with E-state index >= 15 is 0 Å². The Hall–Kier alpha value is -0.960. The number of sulfonamides is 1. The van der Waals surface area contributed by atoms with Crippen molar-refractivity contribution in [3.8, 4) is 0 Å². The van der Waals surface area contributed by atoms with E-state index in [0.717, 1.165) is 16.2 Å². The molecule has 106 valence electrons. The summed E-state index contributed by atoms with van der Waals surface area (Å²) in [6, 6.07) is 3.27. The second-order valence-corrected chi connectivity index (χ2v) is 7.77. The summed E-state index contributed by atoms with van der Waals surface area (Å²) >= 11 is 1.16. The first-order valence-electron chi connectivity index (χ1n) is 5.98. The Morgan fingerprint density at radius 1 is 1.37 bits per heavy atom. The molecule has 2 rings (SSSR count). The zero-order valence-electron chi connectivity index (χ0n) is 10.7. The van der Waals surface area contributed by atoms with E-state index in [1.165, 1.54) is 4.31 Å². The highest BCUT2D eigenvalue weighted by atomic mass is 32.2. The fourth-order valence-corrected chi connectivity index (χ4v) is 4.72. The fraction of sp³-hybridized carbons (Fsp3) is 0.545. The molecule has 2 heterocycles. The lowest BCUT2D eigenvalue weighted by molar-refractivity contribution is -0.129. The van der Waals surface area contributed by atoms with Crippen LogP contribution in [0.4, 0.5) is 0 Å². The van der Waals surface area contributed by atoms with Crippen LogP contribution in [0.5, 0.6) is 0 Å². The average Bonchev–Trinajstić information content (AvgIpc) is 2.79. The molecule has 1 aromatic heterocycles. The third-order valence-corrected chi connectivity index (χ3v) is 6.49. The van der Waals surface area contributed by atoms with E-state index in [-0.39, 0.29) is 16.7 Å². The van der Waals surface area contributed by atoms with Gasteiger partial charge in [0, 0.05) is 31.6 Å². The highest BCUT2D eigenvalue weighted by molar-refractivity contribution is 7.91. The third-order valence-electron chi connectivity index (χ3n) is 3.07. The largest absolute Gasteiger partial charge is 0.345 e. The van der Waals surface area contributed by atoms with Crippen molar-refractivity contribution in [2.24, 2.45) is 5.73 Å². The molecule has 6 nitrogen and oxygen atoms in total. The number of nitrogens with zero attached hydrogens (tertiary/aromatic N) is 2. The van der Waals surface area contributed by atoms with Gasteiger partial charge in [-0.1, -0.05) is 0 Å². The van der Waals surface area contributed by atoms with Crippen LogP contribution in [0.1, 0.15) is 11.3 Å². The molecule has 0 bridgehead atoms. The lowest BCUT2D eigenvalue weighted by atomic mass is 10.4. The number of hydrogen-bond donors (Lipinski definition) is 1. The zero-order chi connectivity index (χ0) is 14.0. The molecule has 1 aromatic rings. The topological polar surface area (TPSA) is 83.7 Å². The van der Waals surface area contributed by atoms with Crippen molar-refractivity contribution in [1.82, 2.24) is 9.21 Å². The van der Waals surface area contributed by atoms with Crippen LogP contribution in [0.3, 0.4) is 0 Å². The second-order valence-electron chi connectivity index (χ2n) is 4.43. The molecular formula is C11H17N3O3S2. The third kappa shape index (κ3) is 2.97. The lowest BCUT2D eigenvalue weighted by Crippen LogP contribution is -2.37. The van der Waals surface area contributed by atoms with Crippen molar-refractivity contribution in [2.75, 3.05) is 26.7 Å². The summed E-state index contributed by atoms with van der Waals surface area (Å²) in [6.45, 7) is 1.19. The summed E-state index contributed by atoms with van der Waals surface area (Å²) in [5, 5.41) is 0. The molecule has 0 aliphatic carbocycles. The van der Waals surface area contributed by atoms with Crippen molar-refractivity contribution in [3.63, 3.8) is 0 Å². The van der Waals surface area contributed by atoms with Crippen molar-refractivity contribution >= 4 is 27.3 Å². The van der Waals surface area contributed by atoms with Gasteiger partial charge in [-0.15, -0.1) is 11.3 Å². The van der Waals surface area contributed by atoms with Gasteiger partial charge in [-0.05, 0) is 18.6 Å². The molecule has 0 atom stereocenters. The average molecular weight is 303 g/mol. The molecule has 1 fully saturated rings. The van der Waals surface area contributed by atoms with Gasteiger partial charge < -0.3 is 10.6 Å². The van der Waals surface area contributed by atoms with Crippen molar-refractivity contribution in [3.05, 3.63) is 17.0 Å². The monoisotopic (exact) mass is 303 g/mol. The molecular weight excluding hydrogens is 286 g/mol. The van der Waals surface area contributed by atoms with Crippen LogP contribution in [0.25, 0.3) is 0 Å². The standard InChI is InChI=1S/C11H17N3O3S2/c1-13-5-2-6-14(8-10(13)15)19(16,17)11-4-3-9(7-12)18-11/h3-4H,2,5-8,12H2,1H3. The SMILES string of the molecule is CN1CCCN(S(=O)(=O)c2ccc(CN)s2)CC1=O. The Balaban J connectivity index is 2.26. The molecule has 19 heavy (non-hydrogen) atoms. The minimum atomic E-state index is -3.58. The zero-order valence-corrected chi connectivity index (χ0v) is 12.3. The first kappa shape index (κ1) is 14.4. The molecule has 0 unspecified atom stereocenters. The quantitative estimate of drug-likeness (QED) is 0.856. The highest BCUT2D eigenvalue weighted by Gasteiger charge is 2.30. The van der Waals surface area contributed by atoms with Crippen molar-refractivity contribution < 1.29 is 13.2 Å². The molecule has 1 amide bonds. The summed E-state index contributed by atoms with van der Waals surface area (Å²) in [6.07, 6.45) is 0.649. The predicted octanol–water partition coefficient (Wildman–Crippen LogP) is 0.0596. The van der Waals surface area contributed by atoms with E-state index in [9.17, 15) is 13.2 Å². The Labute approximate surface area is 116 Å². The first-order valence-corrected chi connectivity index (χ1v) is 8.23. The van der Waals surface area contributed by atoms with Crippen LogP contribution in [-0.2, 0) is 21.4 Å². The van der Waals surface area contributed by atoms with Gasteiger partial charge in [0.2, 0.25) is 5.91 Å². The highest BCUT2D eigenvalue weighted by Crippen LogP contribution is 2.25. The van der Waals surface area contributed by atoms with Gasteiger partial charge in [0.25, 0.3) is 10.0 Å². The summed E-state index contributed by atoms with van der Waals surface area (Å²) in [4.78, 5) is 14.1. The molecule has 2 N–H and O–H groups in total. The molecule has 1 saturated heterocycles. The van der Waals surface area contributed by atoms with E-state index in [1.54, 1.807) is 24.1 Å². The van der Waals surface area contributed by atoms with Crippen LogP contribution in [0, 0.1) is 0 Å². The van der Waals surface area contributed by atoms with Crippen molar-refractivity contribution in [1.29, 1.82) is 0 Å². The number of amides is 1.